The summed E-state index contributed by atoms with van der Waals surface area (Å²) >= 11 is 9.76. The van der Waals surface area contributed by atoms with Gasteiger partial charge in [-0.15, -0.1) is 0 Å². The topological polar surface area (TPSA) is 0 Å². The molecule has 17 heavy (non-hydrogen) atoms. The Bertz CT molecular complexity index is 483. The molecule has 0 N–H and O–H groups in total. The minimum Gasteiger partial charge on any atom is -0.0840 e. The molecule has 2 aromatic rings. The minimum atomic E-state index is 0.818. The zero-order chi connectivity index (χ0) is 12.3. The summed E-state index contributed by atoms with van der Waals surface area (Å²) in [7, 11) is 0. The number of aryl methyl sites for hydroxylation is 1. The maximum absolute atomic E-state index is 6.21. The van der Waals surface area contributed by atoms with Crippen LogP contribution in [0.4, 0.5) is 0 Å². The lowest BCUT2D eigenvalue weighted by Crippen LogP contribution is -1.91. The van der Waals surface area contributed by atoms with Gasteiger partial charge in [-0.05, 0) is 35.2 Å². The largest absolute Gasteiger partial charge is 0.0840 e. The van der Waals surface area contributed by atoms with Gasteiger partial charge < -0.3 is 0 Å². The van der Waals surface area contributed by atoms with Gasteiger partial charge in [-0.3, -0.25) is 0 Å². The quantitative estimate of drug-likeness (QED) is 0.726. The lowest BCUT2D eigenvalue weighted by Gasteiger charge is -2.07. The number of rotatable bonds is 3. The van der Waals surface area contributed by atoms with E-state index in [0.717, 1.165) is 27.9 Å². The fourth-order valence-corrected chi connectivity index (χ4v) is 2.66. The monoisotopic (exact) mass is 308 g/mol. The Morgan fingerprint density at radius 2 is 1.65 bits per heavy atom. The number of hydrogen-bond acceptors (Lipinski definition) is 0. The van der Waals surface area contributed by atoms with E-state index in [1.54, 1.807) is 0 Å². The Morgan fingerprint density at radius 1 is 1.00 bits per heavy atom. The third-order valence-electron chi connectivity index (χ3n) is 2.87. The molecule has 0 aliphatic heterocycles. The zero-order valence-corrected chi connectivity index (χ0v) is 12.1. The highest BCUT2D eigenvalue weighted by molar-refractivity contribution is 9.10. The molecule has 0 aromatic heterocycles. The van der Waals surface area contributed by atoms with Crippen LogP contribution in [0, 0.1) is 0 Å². The molecule has 0 radical (unpaired) electrons. The summed E-state index contributed by atoms with van der Waals surface area (Å²) < 4.78 is 1.07. The fourth-order valence-electron chi connectivity index (χ4n) is 1.80. The van der Waals surface area contributed by atoms with Crippen molar-refractivity contribution >= 4 is 27.5 Å². The molecule has 2 heteroatoms. The van der Waals surface area contributed by atoms with E-state index in [4.69, 9.17) is 11.6 Å². The average Bonchev–Trinajstić information content (AvgIpc) is 2.35. The van der Waals surface area contributed by atoms with Crippen LogP contribution < -0.4 is 0 Å². The van der Waals surface area contributed by atoms with Gasteiger partial charge in [0.1, 0.15) is 0 Å². The van der Waals surface area contributed by atoms with Crippen molar-refractivity contribution in [2.75, 3.05) is 0 Å². The molecule has 0 aliphatic carbocycles. The molecule has 0 unspecified atom stereocenters. The lowest BCUT2D eigenvalue weighted by atomic mass is 10.0. The molecular formula is C15H14BrCl. The third kappa shape index (κ3) is 3.11. The third-order valence-corrected chi connectivity index (χ3v) is 3.97. The second-order valence-electron chi connectivity index (χ2n) is 4.05. The van der Waals surface area contributed by atoms with E-state index >= 15 is 0 Å². The maximum atomic E-state index is 6.21. The van der Waals surface area contributed by atoms with E-state index in [1.807, 2.05) is 18.2 Å². The lowest BCUT2D eigenvalue weighted by molar-refractivity contribution is 1.12. The van der Waals surface area contributed by atoms with E-state index in [1.165, 1.54) is 11.1 Å². The molecule has 2 aromatic carbocycles. The van der Waals surface area contributed by atoms with E-state index in [0.29, 0.717) is 0 Å². The molecule has 0 bridgehead atoms. The van der Waals surface area contributed by atoms with Crippen molar-refractivity contribution in [2.45, 2.75) is 19.8 Å². The molecule has 0 nitrogen and oxygen atoms in total. The second-order valence-corrected chi connectivity index (χ2v) is 5.31. The number of halogens is 2. The number of benzene rings is 2. The summed E-state index contributed by atoms with van der Waals surface area (Å²) in [5, 5.41) is 0.818. The van der Waals surface area contributed by atoms with Crippen molar-refractivity contribution in [3.8, 4) is 0 Å². The first-order valence-corrected chi connectivity index (χ1v) is 6.88. The van der Waals surface area contributed by atoms with Crippen LogP contribution in [0.15, 0.2) is 46.9 Å². The van der Waals surface area contributed by atoms with Crippen molar-refractivity contribution in [3.63, 3.8) is 0 Å². The SMILES string of the molecule is CCc1ccc(Cc2c(Cl)cccc2Br)cc1. The molecule has 0 aliphatic rings. The van der Waals surface area contributed by atoms with Crippen molar-refractivity contribution in [1.29, 1.82) is 0 Å². The minimum absolute atomic E-state index is 0.818. The van der Waals surface area contributed by atoms with Crippen LogP contribution in [0.5, 0.6) is 0 Å². The summed E-state index contributed by atoms with van der Waals surface area (Å²) in [5.74, 6) is 0. The Hall–Kier alpha value is -0.790. The van der Waals surface area contributed by atoms with Crippen LogP contribution in [0.25, 0.3) is 0 Å². The molecule has 0 amide bonds. The molecule has 0 heterocycles. The van der Waals surface area contributed by atoms with Crippen molar-refractivity contribution < 1.29 is 0 Å². The fraction of sp³-hybridized carbons (Fsp3) is 0.200. The Labute approximate surface area is 116 Å². The van der Waals surface area contributed by atoms with Crippen LogP contribution in [-0.4, -0.2) is 0 Å². The van der Waals surface area contributed by atoms with Crippen molar-refractivity contribution in [2.24, 2.45) is 0 Å². The molecule has 0 fully saturated rings. The summed E-state index contributed by atoms with van der Waals surface area (Å²) in [6, 6.07) is 14.6. The Balaban J connectivity index is 2.25. The zero-order valence-electron chi connectivity index (χ0n) is 9.71. The number of hydrogen-bond donors (Lipinski definition) is 0. The normalized spacial score (nSPS) is 10.5. The van der Waals surface area contributed by atoms with Crippen LogP contribution >= 0.6 is 27.5 Å². The van der Waals surface area contributed by atoms with Crippen molar-refractivity contribution in [3.05, 3.63) is 68.7 Å². The van der Waals surface area contributed by atoms with Gasteiger partial charge in [0.25, 0.3) is 0 Å². The summed E-state index contributed by atoms with van der Waals surface area (Å²) in [6.07, 6.45) is 1.94. The molecule has 0 spiro atoms. The molecular weight excluding hydrogens is 296 g/mol. The smallest absolute Gasteiger partial charge is 0.0452 e. The van der Waals surface area contributed by atoms with E-state index in [-0.39, 0.29) is 0 Å². The van der Waals surface area contributed by atoms with Gasteiger partial charge in [-0.25, -0.2) is 0 Å². The van der Waals surface area contributed by atoms with Gasteiger partial charge in [0, 0.05) is 15.9 Å². The second kappa shape index (κ2) is 5.70. The van der Waals surface area contributed by atoms with Crippen LogP contribution in [-0.2, 0) is 12.8 Å². The van der Waals surface area contributed by atoms with Gasteiger partial charge in [-0.2, -0.15) is 0 Å². The summed E-state index contributed by atoms with van der Waals surface area (Å²) in [5.41, 5.74) is 3.81. The molecule has 0 saturated carbocycles. The molecule has 0 saturated heterocycles. The highest BCUT2D eigenvalue weighted by Crippen LogP contribution is 2.27. The summed E-state index contributed by atoms with van der Waals surface area (Å²) in [4.78, 5) is 0. The average molecular weight is 310 g/mol. The highest BCUT2D eigenvalue weighted by atomic mass is 79.9. The standard InChI is InChI=1S/C15H14BrCl/c1-2-11-6-8-12(9-7-11)10-13-14(16)4-3-5-15(13)17/h3-9H,2,10H2,1H3. The van der Waals surface area contributed by atoms with Crippen LogP contribution in [0.1, 0.15) is 23.6 Å². The first-order valence-electron chi connectivity index (χ1n) is 5.71. The van der Waals surface area contributed by atoms with Gasteiger partial charge in [0.2, 0.25) is 0 Å². The highest BCUT2D eigenvalue weighted by Gasteiger charge is 2.05. The molecule has 88 valence electrons. The van der Waals surface area contributed by atoms with Gasteiger partial charge >= 0.3 is 0 Å². The predicted molar refractivity (Wildman–Crippen MR) is 77.8 cm³/mol. The van der Waals surface area contributed by atoms with Gasteiger partial charge in [0.15, 0.2) is 0 Å². The van der Waals surface area contributed by atoms with E-state index in [9.17, 15) is 0 Å². The van der Waals surface area contributed by atoms with Crippen LogP contribution in [0.2, 0.25) is 5.02 Å². The van der Waals surface area contributed by atoms with Gasteiger partial charge in [0.05, 0.1) is 0 Å². The van der Waals surface area contributed by atoms with Crippen LogP contribution in [0.3, 0.4) is 0 Å². The van der Waals surface area contributed by atoms with E-state index < -0.39 is 0 Å². The molecule has 0 atom stereocenters. The van der Waals surface area contributed by atoms with Gasteiger partial charge in [-0.1, -0.05) is 64.8 Å². The maximum Gasteiger partial charge on any atom is 0.0452 e. The molecule has 2 rings (SSSR count). The first kappa shape index (κ1) is 12.7. The Kier molecular flexibility index (Phi) is 4.25. The first-order chi connectivity index (χ1) is 8.20. The van der Waals surface area contributed by atoms with Crippen molar-refractivity contribution in [1.82, 2.24) is 0 Å². The predicted octanol–water partition coefficient (Wildman–Crippen LogP) is 5.26. The Morgan fingerprint density at radius 3 is 2.24 bits per heavy atom. The summed E-state index contributed by atoms with van der Waals surface area (Å²) in [6.45, 7) is 2.17. The van der Waals surface area contributed by atoms with E-state index in [2.05, 4.69) is 47.1 Å².